The maximum absolute atomic E-state index is 3.97. The zero-order valence-electron chi connectivity index (χ0n) is 16.3. The maximum atomic E-state index is 3.97. The van der Waals surface area contributed by atoms with Gasteiger partial charge in [-0.15, -0.1) is 0 Å². The number of benzene rings is 2. The van der Waals surface area contributed by atoms with Crippen molar-refractivity contribution < 1.29 is 28.5 Å². The van der Waals surface area contributed by atoms with Gasteiger partial charge in [-0.25, -0.2) is 0 Å². The van der Waals surface area contributed by atoms with Crippen LogP contribution in [-0.4, -0.2) is 30.7 Å². The molecule has 3 rings (SSSR count). The van der Waals surface area contributed by atoms with Gasteiger partial charge >= 0.3 is 0 Å². The largest absolute Gasteiger partial charge is 1.00 e. The number of hydrogen-bond acceptors (Lipinski definition) is 1. The Morgan fingerprint density at radius 2 is 1.21 bits per heavy atom. The monoisotopic (exact) mass is 501 g/mol. The van der Waals surface area contributed by atoms with E-state index in [0.29, 0.717) is 0 Å². The fraction of sp³-hybridized carbons (Fsp3) is 0.200. The molecule has 0 fully saturated rings. The highest BCUT2D eigenvalue weighted by Crippen LogP contribution is 2.45. The van der Waals surface area contributed by atoms with E-state index in [0.717, 1.165) is 37.1 Å². The highest BCUT2D eigenvalue weighted by Gasteiger charge is 2.23. The highest BCUT2D eigenvalue weighted by atomic mass is 127. The number of rotatable bonds is 9. The van der Waals surface area contributed by atoms with E-state index >= 15 is 0 Å². The van der Waals surface area contributed by atoms with Crippen LogP contribution < -0.4 is 24.0 Å². The van der Waals surface area contributed by atoms with E-state index in [-0.39, 0.29) is 24.0 Å². The summed E-state index contributed by atoms with van der Waals surface area (Å²) in [6, 6.07) is 17.4. The third kappa shape index (κ3) is 5.07. The minimum absolute atomic E-state index is 0. The quantitative estimate of drug-likeness (QED) is 0.246. The van der Waals surface area contributed by atoms with Crippen LogP contribution >= 0.6 is 11.8 Å². The summed E-state index contributed by atoms with van der Waals surface area (Å²) in [6.07, 6.45) is 9.48. The number of quaternary nitrogens is 1. The van der Waals surface area contributed by atoms with Crippen molar-refractivity contribution in [1.82, 2.24) is 0 Å². The first-order valence-corrected chi connectivity index (χ1v) is 10.3. The summed E-state index contributed by atoms with van der Waals surface area (Å²) in [7, 11) is 0. The zero-order chi connectivity index (χ0) is 19.1. The topological polar surface area (TPSA) is 0 Å². The van der Waals surface area contributed by atoms with Gasteiger partial charge in [-0.1, -0.05) is 74.0 Å². The van der Waals surface area contributed by atoms with Gasteiger partial charge in [0, 0.05) is 16.2 Å². The first-order chi connectivity index (χ1) is 13.2. The molecule has 0 aromatic heterocycles. The molecule has 0 saturated carbocycles. The Hall–Kier alpha value is -1.56. The average Bonchev–Trinajstić information content (AvgIpc) is 2.68. The van der Waals surface area contributed by atoms with Crippen molar-refractivity contribution in [2.75, 3.05) is 26.2 Å². The van der Waals surface area contributed by atoms with E-state index < -0.39 is 0 Å². The summed E-state index contributed by atoms with van der Waals surface area (Å²) in [4.78, 5) is 2.68. The second-order valence-electron chi connectivity index (χ2n) is 6.98. The van der Waals surface area contributed by atoms with Crippen molar-refractivity contribution in [3.63, 3.8) is 0 Å². The van der Waals surface area contributed by atoms with Crippen molar-refractivity contribution in [1.29, 1.82) is 0 Å². The average molecular weight is 501 g/mol. The zero-order valence-corrected chi connectivity index (χ0v) is 19.3. The summed E-state index contributed by atoms with van der Waals surface area (Å²) in [5, 5.41) is 0. The van der Waals surface area contributed by atoms with Crippen LogP contribution in [0.5, 0.6) is 0 Å². The molecular formula is C25H28INS. The molecule has 0 spiro atoms. The van der Waals surface area contributed by atoms with Gasteiger partial charge in [0.05, 0.1) is 26.2 Å². The molecule has 0 atom stereocenters. The Bertz CT molecular complexity index is 794. The molecule has 0 unspecified atom stereocenters. The molecule has 0 N–H and O–H groups in total. The Balaban J connectivity index is 0.00000280. The van der Waals surface area contributed by atoms with Crippen LogP contribution in [0.2, 0.25) is 0 Å². The molecule has 0 saturated heterocycles. The lowest BCUT2D eigenvalue weighted by Crippen LogP contribution is -3.00. The summed E-state index contributed by atoms with van der Waals surface area (Å²) in [6.45, 7) is 15.7. The molecule has 0 bridgehead atoms. The predicted molar refractivity (Wildman–Crippen MR) is 119 cm³/mol. The van der Waals surface area contributed by atoms with Gasteiger partial charge in [0.25, 0.3) is 0 Å². The Kier molecular flexibility index (Phi) is 8.80. The molecule has 28 heavy (non-hydrogen) atoms. The molecule has 2 aromatic rings. The number of nitrogens with zero attached hydrogens (tertiary/aromatic N) is 1. The summed E-state index contributed by atoms with van der Waals surface area (Å²) < 4.78 is 0.929. The molecule has 2 aromatic carbocycles. The number of fused-ring (bicyclic) bond motifs is 2. The van der Waals surface area contributed by atoms with Gasteiger partial charge in [-0.2, -0.15) is 0 Å². The van der Waals surface area contributed by atoms with Gasteiger partial charge < -0.3 is 28.5 Å². The molecule has 1 aliphatic rings. The van der Waals surface area contributed by atoms with Crippen LogP contribution in [0, 0.1) is 0 Å². The molecule has 146 valence electrons. The fourth-order valence-electron chi connectivity index (χ4n) is 3.84. The third-order valence-corrected chi connectivity index (χ3v) is 6.23. The smallest absolute Gasteiger partial charge is 0.0976 e. The van der Waals surface area contributed by atoms with Crippen LogP contribution in [-0.2, 0) is 0 Å². The van der Waals surface area contributed by atoms with E-state index in [2.05, 4.69) is 74.3 Å². The Morgan fingerprint density at radius 3 is 1.68 bits per heavy atom. The third-order valence-electron chi connectivity index (χ3n) is 5.08. The molecule has 1 nitrogen and oxygen atoms in total. The second-order valence-corrected chi connectivity index (χ2v) is 8.06. The van der Waals surface area contributed by atoms with Crippen molar-refractivity contribution in [3.8, 4) is 0 Å². The van der Waals surface area contributed by atoms with Gasteiger partial charge in [0.15, 0.2) is 0 Å². The fourth-order valence-corrected chi connectivity index (χ4v) is 4.95. The SMILES string of the molecule is C=CC[N+](CC=C)(CC=C)CCC=C1c2ccccc2Sc2ccccc21.[I-]. The van der Waals surface area contributed by atoms with Crippen molar-refractivity contribution in [2.45, 2.75) is 16.2 Å². The minimum Gasteiger partial charge on any atom is -1.00 e. The van der Waals surface area contributed by atoms with E-state index in [1.165, 1.54) is 26.5 Å². The molecule has 0 amide bonds. The Labute approximate surface area is 191 Å². The van der Waals surface area contributed by atoms with Crippen LogP contribution in [0.1, 0.15) is 17.5 Å². The van der Waals surface area contributed by atoms with Crippen LogP contribution in [0.15, 0.2) is 102 Å². The molecule has 1 heterocycles. The predicted octanol–water partition coefficient (Wildman–Crippen LogP) is 3.35. The van der Waals surface area contributed by atoms with Crippen molar-refractivity contribution >= 4 is 17.3 Å². The molecule has 1 aliphatic heterocycles. The lowest BCUT2D eigenvalue weighted by atomic mass is 9.96. The number of hydrogen-bond donors (Lipinski definition) is 0. The maximum Gasteiger partial charge on any atom is 0.0976 e. The van der Waals surface area contributed by atoms with E-state index in [1.54, 1.807) is 0 Å². The lowest BCUT2D eigenvalue weighted by Gasteiger charge is -2.36. The summed E-state index contributed by atoms with van der Waals surface area (Å²) in [5.41, 5.74) is 4.04. The molecular weight excluding hydrogens is 473 g/mol. The van der Waals surface area contributed by atoms with Gasteiger partial charge in [-0.05, 0) is 47.1 Å². The van der Waals surface area contributed by atoms with Gasteiger partial charge in [0.1, 0.15) is 0 Å². The van der Waals surface area contributed by atoms with Crippen LogP contribution in [0.4, 0.5) is 0 Å². The minimum atomic E-state index is 0. The van der Waals surface area contributed by atoms with Crippen molar-refractivity contribution in [3.05, 3.63) is 104 Å². The second kappa shape index (κ2) is 10.8. The first kappa shape index (κ1) is 22.7. The van der Waals surface area contributed by atoms with E-state index in [1.807, 2.05) is 30.0 Å². The van der Waals surface area contributed by atoms with E-state index in [4.69, 9.17) is 0 Å². The number of halogens is 1. The highest BCUT2D eigenvalue weighted by molar-refractivity contribution is 7.99. The first-order valence-electron chi connectivity index (χ1n) is 9.47. The summed E-state index contributed by atoms with van der Waals surface area (Å²) >= 11 is 1.87. The standard InChI is InChI=1S/C25H28NS.HI/c1-4-17-26(18-5-2,19-6-3)20-11-14-21-22-12-7-9-15-24(22)27-25-16-10-8-13-23(21)25;/h4-10,12-16H,1-3,11,17-20H2;1H/q+1;/p-1. The van der Waals surface area contributed by atoms with Gasteiger partial charge in [0.2, 0.25) is 0 Å². The van der Waals surface area contributed by atoms with Crippen LogP contribution in [0.25, 0.3) is 5.57 Å². The van der Waals surface area contributed by atoms with Crippen molar-refractivity contribution in [2.24, 2.45) is 0 Å². The normalized spacial score (nSPS) is 12.2. The van der Waals surface area contributed by atoms with Gasteiger partial charge in [-0.3, -0.25) is 0 Å². The van der Waals surface area contributed by atoms with Crippen LogP contribution in [0.3, 0.4) is 0 Å². The lowest BCUT2D eigenvalue weighted by molar-refractivity contribution is -0.911. The van der Waals surface area contributed by atoms with E-state index in [9.17, 15) is 0 Å². The Morgan fingerprint density at radius 1 is 0.750 bits per heavy atom. The summed E-state index contributed by atoms with van der Waals surface area (Å²) in [5.74, 6) is 0. The molecule has 0 radical (unpaired) electrons. The molecule has 0 aliphatic carbocycles. The molecule has 3 heteroatoms.